The van der Waals surface area contributed by atoms with Gasteiger partial charge in [0.1, 0.15) is 0 Å². The monoisotopic (exact) mass is 900 g/mol. The van der Waals surface area contributed by atoms with Crippen molar-refractivity contribution in [1.29, 1.82) is 0 Å². The van der Waals surface area contributed by atoms with Gasteiger partial charge in [-0.1, -0.05) is 156 Å². The van der Waals surface area contributed by atoms with E-state index in [1.165, 1.54) is 234 Å². The molecule has 0 nitrogen and oxygen atoms in total. The van der Waals surface area contributed by atoms with Crippen LogP contribution in [-0.4, -0.2) is 0 Å². The Balaban J connectivity index is 1.22. The van der Waals surface area contributed by atoms with E-state index in [1.54, 1.807) is 41.1 Å². The standard InChI is InChI=1S/C58H76S4/c1-5-9-13-17-21-25-29-51-55-47(37-59-51)43-33-41-35-45-46(36-42(41)34-44(43)48-38-60-52(56(48)55)30-26-22-18-14-10-6-2)50-40-62-54(32-28-24-20-16-12-8-4)58(50)57-49(45)39-61-53(57)31-27-23-19-15-11-7-3/h33-40H,5-32H2,1-4H3. The summed E-state index contributed by atoms with van der Waals surface area (Å²) < 4.78 is 0. The highest BCUT2D eigenvalue weighted by Crippen LogP contribution is 2.48. The molecule has 332 valence electrons. The van der Waals surface area contributed by atoms with Gasteiger partial charge >= 0.3 is 0 Å². The fraction of sp³-hybridized carbons (Fsp3) is 0.552. The molecule has 0 aliphatic carbocycles. The lowest BCUT2D eigenvalue weighted by atomic mass is 9.90. The van der Waals surface area contributed by atoms with Gasteiger partial charge in [0.25, 0.3) is 0 Å². The van der Waals surface area contributed by atoms with Crippen molar-refractivity contribution in [3.05, 3.63) is 65.3 Å². The van der Waals surface area contributed by atoms with Crippen LogP contribution in [0.3, 0.4) is 0 Å². The fourth-order valence-electron chi connectivity index (χ4n) is 10.7. The molecular formula is C58H76S4. The van der Waals surface area contributed by atoms with Gasteiger partial charge in [-0.25, -0.2) is 0 Å². The first-order valence-electron chi connectivity index (χ1n) is 25.7. The number of rotatable bonds is 28. The van der Waals surface area contributed by atoms with Gasteiger partial charge in [-0.05, 0) is 129 Å². The molecule has 8 aromatic rings. The summed E-state index contributed by atoms with van der Waals surface area (Å²) in [6.07, 6.45) is 37.5. The highest BCUT2D eigenvalue weighted by Gasteiger charge is 2.21. The molecule has 8 rings (SSSR count). The van der Waals surface area contributed by atoms with Crippen LogP contribution >= 0.6 is 45.3 Å². The maximum Gasteiger partial charge on any atom is 0.0131 e. The first-order valence-corrected chi connectivity index (χ1v) is 29.2. The van der Waals surface area contributed by atoms with E-state index in [1.807, 2.05) is 0 Å². The molecule has 62 heavy (non-hydrogen) atoms. The van der Waals surface area contributed by atoms with Gasteiger partial charge in [0.05, 0.1) is 0 Å². The van der Waals surface area contributed by atoms with Gasteiger partial charge in [0.15, 0.2) is 0 Å². The molecule has 0 aliphatic heterocycles. The zero-order valence-electron chi connectivity index (χ0n) is 39.1. The Morgan fingerprint density at radius 3 is 0.694 bits per heavy atom. The average molecular weight is 902 g/mol. The van der Waals surface area contributed by atoms with Crippen molar-refractivity contribution in [3.8, 4) is 0 Å². The number of unbranched alkanes of at least 4 members (excludes halogenated alkanes) is 20. The molecule has 4 aromatic carbocycles. The topological polar surface area (TPSA) is 0 Å². The van der Waals surface area contributed by atoms with Crippen molar-refractivity contribution in [2.24, 2.45) is 0 Å². The molecule has 0 N–H and O–H groups in total. The Kier molecular flexibility index (Phi) is 17.2. The van der Waals surface area contributed by atoms with E-state index in [2.05, 4.69) is 119 Å². The molecular weight excluding hydrogens is 825 g/mol. The van der Waals surface area contributed by atoms with E-state index in [-0.39, 0.29) is 0 Å². The van der Waals surface area contributed by atoms with E-state index in [9.17, 15) is 0 Å². The van der Waals surface area contributed by atoms with E-state index in [0.717, 1.165) is 0 Å². The third kappa shape index (κ3) is 10.3. The minimum Gasteiger partial charge on any atom is -0.148 e. The molecule has 0 fully saturated rings. The zero-order valence-corrected chi connectivity index (χ0v) is 42.3. The summed E-state index contributed by atoms with van der Waals surface area (Å²) in [5.41, 5.74) is 0. The third-order valence-corrected chi connectivity index (χ3v) is 18.5. The van der Waals surface area contributed by atoms with E-state index < -0.39 is 0 Å². The predicted molar refractivity (Wildman–Crippen MR) is 289 cm³/mol. The number of hydrogen-bond acceptors (Lipinski definition) is 4. The highest BCUT2D eigenvalue weighted by atomic mass is 32.1. The molecule has 0 saturated carbocycles. The molecule has 0 unspecified atom stereocenters. The number of aryl methyl sites for hydroxylation is 4. The summed E-state index contributed by atoms with van der Waals surface area (Å²) >= 11 is 8.22. The quantitative estimate of drug-likeness (QED) is 0.0339. The minimum absolute atomic E-state index is 1.22. The molecule has 0 bridgehead atoms. The van der Waals surface area contributed by atoms with Crippen molar-refractivity contribution >= 4 is 121 Å². The third-order valence-electron chi connectivity index (χ3n) is 14.3. The smallest absolute Gasteiger partial charge is 0.0131 e. The fourth-order valence-corrected chi connectivity index (χ4v) is 15.1. The summed E-state index contributed by atoms with van der Waals surface area (Å²) in [5.74, 6) is 0. The maximum absolute atomic E-state index is 2.61. The highest BCUT2D eigenvalue weighted by molar-refractivity contribution is 7.14. The Morgan fingerprint density at radius 2 is 0.468 bits per heavy atom. The lowest BCUT2D eigenvalue weighted by Gasteiger charge is -2.13. The van der Waals surface area contributed by atoms with Crippen LogP contribution in [0.5, 0.6) is 0 Å². The second-order valence-electron chi connectivity index (χ2n) is 19.0. The maximum atomic E-state index is 2.61. The summed E-state index contributed by atoms with van der Waals surface area (Å²) in [5, 5.41) is 31.3. The van der Waals surface area contributed by atoms with E-state index >= 15 is 0 Å². The summed E-state index contributed by atoms with van der Waals surface area (Å²) in [6.45, 7) is 9.31. The van der Waals surface area contributed by atoms with Gasteiger partial charge in [-0.3, -0.25) is 0 Å². The van der Waals surface area contributed by atoms with Crippen LogP contribution in [0.25, 0.3) is 75.4 Å². The molecule has 0 aliphatic rings. The average Bonchev–Trinajstić information content (AvgIpc) is 4.10. The summed E-state index contributed by atoms with van der Waals surface area (Å²) in [4.78, 5) is 6.55. The lowest BCUT2D eigenvalue weighted by molar-refractivity contribution is 0.609. The zero-order chi connectivity index (χ0) is 42.7. The lowest BCUT2D eigenvalue weighted by Crippen LogP contribution is -1.90. The Bertz CT molecular complexity index is 2290. The van der Waals surface area contributed by atoms with Crippen molar-refractivity contribution in [3.63, 3.8) is 0 Å². The van der Waals surface area contributed by atoms with Crippen LogP contribution in [0.1, 0.15) is 201 Å². The Hall–Kier alpha value is -2.50. The molecule has 0 amide bonds. The van der Waals surface area contributed by atoms with Gasteiger partial charge in [0.2, 0.25) is 0 Å². The first-order chi connectivity index (χ1) is 30.7. The van der Waals surface area contributed by atoms with E-state index in [4.69, 9.17) is 0 Å². The second-order valence-corrected chi connectivity index (χ2v) is 22.9. The van der Waals surface area contributed by atoms with Crippen LogP contribution in [0, 0.1) is 0 Å². The van der Waals surface area contributed by atoms with Gasteiger partial charge in [0, 0.05) is 62.6 Å². The van der Waals surface area contributed by atoms with Crippen LogP contribution < -0.4 is 0 Å². The summed E-state index contributed by atoms with van der Waals surface area (Å²) in [6, 6.07) is 10.4. The summed E-state index contributed by atoms with van der Waals surface area (Å²) in [7, 11) is 0. The molecule has 0 radical (unpaired) electrons. The van der Waals surface area contributed by atoms with Crippen molar-refractivity contribution in [2.75, 3.05) is 0 Å². The number of hydrogen-bond donors (Lipinski definition) is 0. The molecule has 0 spiro atoms. The first kappa shape index (κ1) is 46.0. The predicted octanol–water partition coefficient (Wildman–Crippen LogP) is 21.6. The van der Waals surface area contributed by atoms with Gasteiger partial charge < -0.3 is 0 Å². The Morgan fingerprint density at radius 1 is 0.258 bits per heavy atom. The van der Waals surface area contributed by atoms with E-state index in [0.29, 0.717) is 0 Å². The van der Waals surface area contributed by atoms with Crippen molar-refractivity contribution in [2.45, 2.75) is 207 Å². The second kappa shape index (κ2) is 23.1. The molecule has 0 atom stereocenters. The molecule has 0 saturated heterocycles. The van der Waals surface area contributed by atoms with Crippen LogP contribution in [0.2, 0.25) is 0 Å². The van der Waals surface area contributed by atoms with Gasteiger partial charge in [-0.15, -0.1) is 45.3 Å². The van der Waals surface area contributed by atoms with Crippen molar-refractivity contribution < 1.29 is 0 Å². The van der Waals surface area contributed by atoms with Crippen LogP contribution in [0.4, 0.5) is 0 Å². The number of thiophene rings is 4. The Labute approximate surface area is 390 Å². The largest absolute Gasteiger partial charge is 0.148 e. The van der Waals surface area contributed by atoms with Crippen LogP contribution in [0.15, 0.2) is 45.8 Å². The van der Waals surface area contributed by atoms with Crippen molar-refractivity contribution in [1.82, 2.24) is 0 Å². The number of benzene rings is 4. The molecule has 4 heterocycles. The minimum atomic E-state index is 1.22. The normalized spacial score (nSPS) is 12.4. The van der Waals surface area contributed by atoms with Gasteiger partial charge in [-0.2, -0.15) is 0 Å². The molecule has 4 aromatic heterocycles. The molecule has 4 heteroatoms. The van der Waals surface area contributed by atoms with Crippen LogP contribution in [-0.2, 0) is 25.7 Å². The number of fused-ring (bicyclic) bond motifs is 13. The SMILES string of the molecule is CCCCCCCCc1scc2c3cc4cc5c(cc4cc3c3csc(CCCCCCCC)c3c12)c1csc(CCCCCCCC)c1c1c(CCCCCCCC)scc51.